The highest BCUT2D eigenvalue weighted by Crippen LogP contribution is 2.58. The van der Waals surface area contributed by atoms with E-state index < -0.39 is 0 Å². The molecule has 3 heteroatoms. The van der Waals surface area contributed by atoms with Gasteiger partial charge < -0.3 is 4.74 Å². The highest BCUT2D eigenvalue weighted by molar-refractivity contribution is 5.82. The van der Waals surface area contributed by atoms with Crippen LogP contribution in [0.2, 0.25) is 0 Å². The topological polar surface area (TPSA) is 50.1 Å². The third kappa shape index (κ3) is 2.40. The van der Waals surface area contributed by atoms with E-state index in [0.29, 0.717) is 17.8 Å². The van der Waals surface area contributed by atoms with Crippen LogP contribution in [0.25, 0.3) is 0 Å². The molecule has 0 aromatic rings. The normalized spacial score (nSPS) is 39.0. The Balaban J connectivity index is 1.77. The zero-order chi connectivity index (χ0) is 14.1. The number of hydrogen-bond acceptors (Lipinski definition) is 3. The van der Waals surface area contributed by atoms with Gasteiger partial charge in [-0.15, -0.1) is 0 Å². The minimum absolute atomic E-state index is 0.372. The van der Waals surface area contributed by atoms with Crippen LogP contribution in [0.15, 0.2) is 23.8 Å². The van der Waals surface area contributed by atoms with Gasteiger partial charge >= 0.3 is 5.97 Å². The van der Waals surface area contributed by atoms with Gasteiger partial charge in [0.05, 0.1) is 13.2 Å². The molecular weight excluding hydrogens is 250 g/mol. The van der Waals surface area contributed by atoms with Gasteiger partial charge in [0.15, 0.2) is 0 Å². The molecule has 0 atom stereocenters. The first-order valence-corrected chi connectivity index (χ1v) is 7.57. The minimum Gasteiger partial charge on any atom is -0.466 e. The minimum atomic E-state index is -0.372. The predicted molar refractivity (Wildman–Crippen MR) is 75.4 cm³/mol. The van der Waals surface area contributed by atoms with Gasteiger partial charge in [0.25, 0.3) is 0 Å². The number of esters is 1. The average Bonchev–Trinajstić information content (AvgIpc) is 2.43. The number of ether oxygens (including phenoxy) is 1. The van der Waals surface area contributed by atoms with E-state index in [-0.39, 0.29) is 5.97 Å². The highest BCUT2D eigenvalue weighted by atomic mass is 16.5. The molecule has 4 saturated carbocycles. The largest absolute Gasteiger partial charge is 0.466 e. The van der Waals surface area contributed by atoms with Gasteiger partial charge in [-0.1, -0.05) is 6.08 Å². The zero-order valence-electron chi connectivity index (χ0n) is 11.9. The maximum Gasteiger partial charge on any atom is 0.330 e. The van der Waals surface area contributed by atoms with Crippen LogP contribution in [0.1, 0.15) is 32.1 Å². The molecule has 0 radical (unpaired) electrons. The number of allylic oxidation sites excluding steroid dienone is 3. The fraction of sp³-hybridized carbons (Fsp3) is 0.647. The van der Waals surface area contributed by atoms with Gasteiger partial charge in [-0.25, -0.2) is 4.79 Å². The second kappa shape index (κ2) is 5.44. The molecule has 0 N–H and O–H groups in total. The Morgan fingerprint density at radius 2 is 1.75 bits per heavy atom. The van der Waals surface area contributed by atoms with Gasteiger partial charge in [0.1, 0.15) is 0 Å². The standard InChI is InChI=1S/C17H21NO2/c1-20-16(19)4-2-3-13(10-18)17-14-6-11-5-12(8-14)9-15(17)7-11/h2-4,11-12,14-15,17H,5-9H2,1H3/b4-2+,13-3+. The zero-order valence-corrected chi connectivity index (χ0v) is 11.9. The van der Waals surface area contributed by atoms with E-state index in [0.717, 1.165) is 17.4 Å². The lowest BCUT2D eigenvalue weighted by atomic mass is 9.50. The Morgan fingerprint density at radius 1 is 1.15 bits per heavy atom. The SMILES string of the molecule is COC(=O)/C=C/C=C(\C#N)C1C2CC3CC(C2)CC1C3. The van der Waals surface area contributed by atoms with E-state index in [9.17, 15) is 10.1 Å². The summed E-state index contributed by atoms with van der Waals surface area (Å²) in [6.45, 7) is 0. The summed E-state index contributed by atoms with van der Waals surface area (Å²) in [6.07, 6.45) is 11.5. The number of rotatable bonds is 3. The maximum absolute atomic E-state index is 11.1. The van der Waals surface area contributed by atoms with Gasteiger partial charge in [0.2, 0.25) is 0 Å². The van der Waals surface area contributed by atoms with Crippen LogP contribution in [0, 0.1) is 40.9 Å². The van der Waals surface area contributed by atoms with E-state index in [1.165, 1.54) is 45.3 Å². The third-order valence-corrected chi connectivity index (χ3v) is 5.42. The van der Waals surface area contributed by atoms with Gasteiger partial charge in [-0.3, -0.25) is 0 Å². The Morgan fingerprint density at radius 3 is 2.25 bits per heavy atom. The van der Waals surface area contributed by atoms with Crippen LogP contribution < -0.4 is 0 Å². The molecule has 4 aliphatic carbocycles. The van der Waals surface area contributed by atoms with Crippen LogP contribution in [0.3, 0.4) is 0 Å². The quantitative estimate of drug-likeness (QED) is 0.343. The molecule has 0 aliphatic heterocycles. The first-order valence-electron chi connectivity index (χ1n) is 7.57. The molecule has 0 heterocycles. The van der Waals surface area contributed by atoms with Crippen LogP contribution in [0.5, 0.6) is 0 Å². The molecule has 20 heavy (non-hydrogen) atoms. The van der Waals surface area contributed by atoms with Gasteiger partial charge in [0, 0.05) is 11.6 Å². The Kier molecular flexibility index (Phi) is 3.65. The summed E-state index contributed by atoms with van der Waals surface area (Å²) in [7, 11) is 1.36. The van der Waals surface area contributed by atoms with Crippen molar-refractivity contribution in [3.8, 4) is 6.07 Å². The van der Waals surface area contributed by atoms with Crippen molar-refractivity contribution < 1.29 is 9.53 Å². The lowest BCUT2D eigenvalue weighted by Crippen LogP contribution is -2.45. The maximum atomic E-state index is 11.1. The smallest absolute Gasteiger partial charge is 0.330 e. The molecule has 4 fully saturated rings. The number of hydrogen-bond donors (Lipinski definition) is 0. The second-order valence-corrected chi connectivity index (χ2v) is 6.57. The summed E-state index contributed by atoms with van der Waals surface area (Å²) in [5.41, 5.74) is 0.860. The Labute approximate surface area is 120 Å². The second-order valence-electron chi connectivity index (χ2n) is 6.57. The van der Waals surface area contributed by atoms with Crippen molar-refractivity contribution in [1.82, 2.24) is 0 Å². The predicted octanol–water partition coefficient (Wildman–Crippen LogP) is 3.24. The number of nitriles is 1. The molecule has 0 amide bonds. The molecule has 4 bridgehead atoms. The molecule has 106 valence electrons. The summed E-state index contributed by atoms with van der Waals surface area (Å²) in [5, 5.41) is 9.46. The Hall–Kier alpha value is -1.56. The van der Waals surface area contributed by atoms with E-state index >= 15 is 0 Å². The van der Waals surface area contributed by atoms with E-state index in [1.54, 1.807) is 6.08 Å². The molecule has 3 nitrogen and oxygen atoms in total. The summed E-state index contributed by atoms with van der Waals surface area (Å²) in [4.78, 5) is 11.1. The molecule has 0 saturated heterocycles. The number of carbonyl (C=O) groups is 1. The lowest BCUT2D eigenvalue weighted by molar-refractivity contribution is -0.134. The average molecular weight is 271 g/mol. The van der Waals surface area contributed by atoms with Crippen LogP contribution in [0.4, 0.5) is 0 Å². The third-order valence-electron chi connectivity index (χ3n) is 5.42. The van der Waals surface area contributed by atoms with Crippen molar-refractivity contribution >= 4 is 5.97 Å². The van der Waals surface area contributed by atoms with Crippen molar-refractivity contribution in [3.05, 3.63) is 23.8 Å². The molecule has 0 unspecified atom stereocenters. The van der Waals surface area contributed by atoms with Crippen molar-refractivity contribution in [1.29, 1.82) is 5.26 Å². The van der Waals surface area contributed by atoms with Crippen molar-refractivity contribution in [2.24, 2.45) is 29.6 Å². The fourth-order valence-electron chi connectivity index (χ4n) is 4.95. The van der Waals surface area contributed by atoms with Crippen molar-refractivity contribution in [2.75, 3.05) is 7.11 Å². The molecule has 4 rings (SSSR count). The van der Waals surface area contributed by atoms with Crippen LogP contribution >= 0.6 is 0 Å². The lowest BCUT2D eigenvalue weighted by Gasteiger charge is -2.54. The Bertz CT molecular complexity index is 470. The summed E-state index contributed by atoms with van der Waals surface area (Å²) in [6, 6.07) is 2.38. The molecule has 0 spiro atoms. The number of carbonyl (C=O) groups excluding carboxylic acids is 1. The number of nitrogens with zero attached hydrogens (tertiary/aromatic N) is 1. The first kappa shape index (κ1) is 13.4. The monoisotopic (exact) mass is 271 g/mol. The highest BCUT2D eigenvalue weighted by Gasteiger charge is 2.49. The fourth-order valence-corrected chi connectivity index (χ4v) is 4.95. The van der Waals surface area contributed by atoms with Crippen LogP contribution in [-0.2, 0) is 9.53 Å². The van der Waals surface area contributed by atoms with Crippen molar-refractivity contribution in [2.45, 2.75) is 32.1 Å². The molecule has 0 aromatic carbocycles. The summed E-state index contributed by atoms with van der Waals surface area (Å²) < 4.78 is 4.57. The number of methoxy groups -OCH3 is 1. The van der Waals surface area contributed by atoms with E-state index in [1.807, 2.05) is 6.08 Å². The summed E-state index contributed by atoms with van der Waals surface area (Å²) >= 11 is 0. The van der Waals surface area contributed by atoms with E-state index in [4.69, 9.17) is 0 Å². The first-order chi connectivity index (χ1) is 9.71. The molecule has 0 aromatic heterocycles. The van der Waals surface area contributed by atoms with E-state index in [2.05, 4.69) is 10.8 Å². The molecular formula is C17H21NO2. The molecule has 4 aliphatic rings. The van der Waals surface area contributed by atoms with Gasteiger partial charge in [-0.05, 0) is 67.8 Å². The van der Waals surface area contributed by atoms with Crippen molar-refractivity contribution in [3.63, 3.8) is 0 Å². The van der Waals surface area contributed by atoms with Gasteiger partial charge in [-0.2, -0.15) is 5.26 Å². The summed E-state index contributed by atoms with van der Waals surface area (Å²) in [5.74, 6) is 3.28. The van der Waals surface area contributed by atoms with Crippen LogP contribution in [-0.4, -0.2) is 13.1 Å².